The molecular formula is C13H27N3O2. The standard InChI is InChI=1S/C13H27N3O2/c1-4-15-13(2,12(14)17)10-16-7-5-11(6-8-16)9-18-3/h11,15H,4-10H2,1-3H3,(H2,14,17). The number of likely N-dealkylation sites (N-methyl/N-ethyl adjacent to an activating group) is 1. The van der Waals surface area contributed by atoms with E-state index in [9.17, 15) is 4.79 Å². The Morgan fingerprint density at radius 2 is 2.11 bits per heavy atom. The number of hydrogen-bond acceptors (Lipinski definition) is 4. The average Bonchev–Trinajstić information content (AvgIpc) is 2.32. The van der Waals surface area contributed by atoms with Gasteiger partial charge in [-0.25, -0.2) is 0 Å². The molecule has 1 fully saturated rings. The van der Waals surface area contributed by atoms with Gasteiger partial charge in [0, 0.05) is 20.3 Å². The highest BCUT2D eigenvalue weighted by molar-refractivity contribution is 5.84. The molecule has 1 unspecified atom stereocenters. The first kappa shape index (κ1) is 15.4. The van der Waals surface area contributed by atoms with Crippen LogP contribution in [0, 0.1) is 5.92 Å². The number of nitrogens with two attached hydrogens (primary N) is 1. The van der Waals surface area contributed by atoms with Crippen LogP contribution in [0.25, 0.3) is 0 Å². The highest BCUT2D eigenvalue weighted by Crippen LogP contribution is 2.19. The van der Waals surface area contributed by atoms with Gasteiger partial charge in [-0.1, -0.05) is 6.92 Å². The number of hydrogen-bond donors (Lipinski definition) is 2. The molecule has 1 aliphatic rings. The van der Waals surface area contributed by atoms with Crippen molar-refractivity contribution in [3.8, 4) is 0 Å². The van der Waals surface area contributed by atoms with Gasteiger partial charge in [0.1, 0.15) is 5.54 Å². The summed E-state index contributed by atoms with van der Waals surface area (Å²) in [4.78, 5) is 13.9. The Labute approximate surface area is 110 Å². The number of methoxy groups -OCH3 is 1. The Hall–Kier alpha value is -0.650. The number of rotatable bonds is 7. The number of carbonyl (C=O) groups excluding carboxylic acids is 1. The minimum atomic E-state index is -0.622. The zero-order valence-electron chi connectivity index (χ0n) is 11.9. The maximum absolute atomic E-state index is 11.6. The first-order valence-electron chi connectivity index (χ1n) is 6.78. The predicted molar refractivity (Wildman–Crippen MR) is 72.3 cm³/mol. The lowest BCUT2D eigenvalue weighted by atomic mass is 9.94. The molecule has 0 aromatic heterocycles. The van der Waals surface area contributed by atoms with E-state index in [0.717, 1.165) is 39.1 Å². The average molecular weight is 257 g/mol. The van der Waals surface area contributed by atoms with Crippen LogP contribution in [0.5, 0.6) is 0 Å². The van der Waals surface area contributed by atoms with Crippen LogP contribution in [0.2, 0.25) is 0 Å². The van der Waals surface area contributed by atoms with Gasteiger partial charge in [0.2, 0.25) is 5.91 Å². The van der Waals surface area contributed by atoms with Gasteiger partial charge in [0.05, 0.1) is 0 Å². The fourth-order valence-corrected chi connectivity index (χ4v) is 2.61. The summed E-state index contributed by atoms with van der Waals surface area (Å²) in [5.74, 6) is 0.383. The molecule has 0 aromatic rings. The third-order valence-corrected chi connectivity index (χ3v) is 3.76. The van der Waals surface area contributed by atoms with Gasteiger partial charge in [-0.3, -0.25) is 4.79 Å². The summed E-state index contributed by atoms with van der Waals surface area (Å²) in [6.45, 7) is 8.19. The molecule has 1 heterocycles. The lowest BCUT2D eigenvalue weighted by Gasteiger charge is -2.37. The monoisotopic (exact) mass is 257 g/mol. The molecule has 1 aliphatic heterocycles. The van der Waals surface area contributed by atoms with Gasteiger partial charge in [0.25, 0.3) is 0 Å². The van der Waals surface area contributed by atoms with Crippen molar-refractivity contribution in [1.82, 2.24) is 10.2 Å². The molecule has 1 saturated heterocycles. The smallest absolute Gasteiger partial charge is 0.238 e. The van der Waals surface area contributed by atoms with Crippen LogP contribution >= 0.6 is 0 Å². The van der Waals surface area contributed by atoms with Crippen molar-refractivity contribution in [2.75, 3.05) is 39.9 Å². The van der Waals surface area contributed by atoms with E-state index < -0.39 is 5.54 Å². The molecule has 1 amide bonds. The maximum Gasteiger partial charge on any atom is 0.238 e. The lowest BCUT2D eigenvalue weighted by Crippen LogP contribution is -2.60. The molecule has 0 aliphatic carbocycles. The second-order valence-corrected chi connectivity index (χ2v) is 5.40. The summed E-state index contributed by atoms with van der Waals surface area (Å²) in [6, 6.07) is 0. The first-order valence-corrected chi connectivity index (χ1v) is 6.78. The van der Waals surface area contributed by atoms with E-state index in [1.807, 2.05) is 13.8 Å². The molecule has 0 bridgehead atoms. The van der Waals surface area contributed by atoms with Crippen molar-refractivity contribution in [3.05, 3.63) is 0 Å². The van der Waals surface area contributed by atoms with Crippen LogP contribution < -0.4 is 11.1 Å². The summed E-state index contributed by atoms with van der Waals surface area (Å²) in [5.41, 5.74) is 4.88. The van der Waals surface area contributed by atoms with Crippen molar-refractivity contribution in [1.29, 1.82) is 0 Å². The second-order valence-electron chi connectivity index (χ2n) is 5.40. The van der Waals surface area contributed by atoms with Crippen LogP contribution in [0.1, 0.15) is 26.7 Å². The van der Waals surface area contributed by atoms with E-state index in [-0.39, 0.29) is 5.91 Å². The summed E-state index contributed by atoms with van der Waals surface area (Å²) in [7, 11) is 1.75. The van der Waals surface area contributed by atoms with Crippen LogP contribution in [0.4, 0.5) is 0 Å². The predicted octanol–water partition coefficient (Wildman–Crippen LogP) is 0.198. The van der Waals surface area contributed by atoms with Crippen LogP contribution in [-0.2, 0) is 9.53 Å². The number of likely N-dealkylation sites (tertiary alicyclic amines) is 1. The SMILES string of the molecule is CCNC(C)(CN1CCC(COC)CC1)C(N)=O. The summed E-state index contributed by atoms with van der Waals surface area (Å²) in [5, 5.41) is 3.20. The maximum atomic E-state index is 11.6. The largest absolute Gasteiger partial charge is 0.384 e. The Bertz CT molecular complexity index is 265. The number of primary amides is 1. The third kappa shape index (κ3) is 4.23. The van der Waals surface area contributed by atoms with E-state index >= 15 is 0 Å². The van der Waals surface area contributed by atoms with Crippen molar-refractivity contribution in [2.45, 2.75) is 32.2 Å². The van der Waals surface area contributed by atoms with E-state index in [2.05, 4.69) is 10.2 Å². The molecule has 18 heavy (non-hydrogen) atoms. The van der Waals surface area contributed by atoms with E-state index in [1.54, 1.807) is 7.11 Å². The summed E-state index contributed by atoms with van der Waals surface area (Å²) < 4.78 is 5.19. The Morgan fingerprint density at radius 3 is 2.56 bits per heavy atom. The van der Waals surface area contributed by atoms with Gasteiger partial charge in [-0.05, 0) is 45.3 Å². The van der Waals surface area contributed by atoms with E-state index in [0.29, 0.717) is 12.5 Å². The van der Waals surface area contributed by atoms with Gasteiger partial charge in [-0.15, -0.1) is 0 Å². The van der Waals surface area contributed by atoms with Crippen LogP contribution in [-0.4, -0.2) is 56.2 Å². The number of ether oxygens (including phenoxy) is 1. The molecule has 0 aromatic carbocycles. The first-order chi connectivity index (χ1) is 8.51. The Morgan fingerprint density at radius 1 is 1.50 bits per heavy atom. The number of amides is 1. The minimum Gasteiger partial charge on any atom is -0.384 e. The van der Waals surface area contributed by atoms with Crippen molar-refractivity contribution < 1.29 is 9.53 Å². The van der Waals surface area contributed by atoms with Gasteiger partial charge in [-0.2, -0.15) is 0 Å². The van der Waals surface area contributed by atoms with Gasteiger partial charge >= 0.3 is 0 Å². The molecule has 0 saturated carbocycles. The quantitative estimate of drug-likeness (QED) is 0.683. The normalized spacial score (nSPS) is 21.7. The molecule has 0 radical (unpaired) electrons. The highest BCUT2D eigenvalue weighted by atomic mass is 16.5. The highest BCUT2D eigenvalue weighted by Gasteiger charge is 2.33. The number of nitrogens with zero attached hydrogens (tertiary/aromatic N) is 1. The van der Waals surface area contributed by atoms with Crippen molar-refractivity contribution in [3.63, 3.8) is 0 Å². The van der Waals surface area contributed by atoms with Crippen LogP contribution in [0.3, 0.4) is 0 Å². The van der Waals surface area contributed by atoms with Gasteiger partial charge in [0.15, 0.2) is 0 Å². The molecule has 106 valence electrons. The Balaban J connectivity index is 2.45. The molecule has 3 N–H and O–H groups in total. The molecule has 5 nitrogen and oxygen atoms in total. The van der Waals surface area contributed by atoms with Crippen molar-refractivity contribution >= 4 is 5.91 Å². The molecule has 5 heteroatoms. The van der Waals surface area contributed by atoms with Crippen LogP contribution in [0.15, 0.2) is 0 Å². The second kappa shape index (κ2) is 7.07. The molecular weight excluding hydrogens is 230 g/mol. The van der Waals surface area contributed by atoms with E-state index in [4.69, 9.17) is 10.5 Å². The molecule has 1 atom stereocenters. The fourth-order valence-electron chi connectivity index (χ4n) is 2.61. The summed E-state index contributed by atoms with van der Waals surface area (Å²) in [6.07, 6.45) is 2.27. The van der Waals surface area contributed by atoms with Crippen molar-refractivity contribution in [2.24, 2.45) is 11.7 Å². The lowest BCUT2D eigenvalue weighted by molar-refractivity contribution is -0.124. The zero-order valence-corrected chi connectivity index (χ0v) is 11.9. The topological polar surface area (TPSA) is 67.6 Å². The zero-order chi connectivity index (χ0) is 13.6. The van der Waals surface area contributed by atoms with Gasteiger partial charge < -0.3 is 20.7 Å². The minimum absolute atomic E-state index is 0.275. The number of piperidine rings is 1. The Kier molecular flexibility index (Phi) is 6.05. The van der Waals surface area contributed by atoms with E-state index in [1.165, 1.54) is 0 Å². The molecule has 0 spiro atoms. The fraction of sp³-hybridized carbons (Fsp3) is 0.923. The molecule has 1 rings (SSSR count). The third-order valence-electron chi connectivity index (χ3n) is 3.76. The number of nitrogens with one attached hydrogen (secondary N) is 1. The number of carbonyl (C=O) groups is 1. The summed E-state index contributed by atoms with van der Waals surface area (Å²) >= 11 is 0.